The van der Waals surface area contributed by atoms with Crippen LogP contribution in [0.15, 0.2) is 96.0 Å². The third-order valence-electron chi connectivity index (χ3n) is 16.9. The average molecular weight is 1430 g/mol. The monoisotopic (exact) mass is 1430 g/mol. The SMILES string of the molecule is CC[C@H](C)[C@H](NC(=O)[C@H](CCC(=O)O)NC(=O)[C@H](Cc1ccccc1)NC(=O)[C@H](CCCN=C(N)N)NC(=O)[C@H](CCC(=O)O)NC(=O)[C@H](Cc1ccccc1)NC(=O)[C@@H](N)CO)C(=O)N[C@@H](Cc1ccccc1)C(=O)N1CCC[C@H]1C(=O)N[C@@H](CCCCN)C(=O)N[C@@H](CCC(=O)O)C(=O)O. The molecule has 22 N–H and O–H groups in total. The largest absolute Gasteiger partial charge is 0.481 e. The zero-order valence-corrected chi connectivity index (χ0v) is 57.1. The number of nitrogens with one attached hydrogen (secondary N) is 9. The summed E-state index contributed by atoms with van der Waals surface area (Å²) in [6, 6.07) is 8.25. The Labute approximate surface area is 589 Å². The first-order valence-electron chi connectivity index (χ1n) is 33.7. The van der Waals surface area contributed by atoms with E-state index in [0.29, 0.717) is 36.0 Å². The van der Waals surface area contributed by atoms with Crippen molar-refractivity contribution in [3.8, 4) is 0 Å². The molecule has 3 aromatic carbocycles. The number of benzene rings is 3. The van der Waals surface area contributed by atoms with Gasteiger partial charge < -0.3 is 101 Å². The van der Waals surface area contributed by atoms with E-state index < -0.39 is 200 Å². The predicted octanol–water partition coefficient (Wildman–Crippen LogP) is -2.70. The number of guanidine groups is 1. The summed E-state index contributed by atoms with van der Waals surface area (Å²) in [5.74, 6) is -16.1. The third kappa shape index (κ3) is 29.3. The maximum Gasteiger partial charge on any atom is 0.326 e. The van der Waals surface area contributed by atoms with Gasteiger partial charge in [0.1, 0.15) is 66.5 Å². The lowest BCUT2D eigenvalue weighted by Crippen LogP contribution is -2.61. The minimum absolute atomic E-state index is 0.00747. The Balaban J connectivity index is 1.67. The van der Waals surface area contributed by atoms with E-state index in [2.05, 4.69) is 52.8 Å². The molecule has 10 amide bonds. The number of aliphatic hydroxyl groups is 1. The van der Waals surface area contributed by atoms with Gasteiger partial charge in [0, 0.05) is 51.6 Å². The van der Waals surface area contributed by atoms with Gasteiger partial charge in [0.15, 0.2) is 5.96 Å². The van der Waals surface area contributed by atoms with Crippen molar-refractivity contribution in [3.05, 3.63) is 108 Å². The Bertz CT molecular complexity index is 3350. The van der Waals surface area contributed by atoms with Crippen LogP contribution in [-0.4, -0.2) is 212 Å². The lowest BCUT2D eigenvalue weighted by Gasteiger charge is -2.32. The fraction of sp³-hybridized carbons (Fsp3) is 0.515. The Morgan fingerprint density at radius 1 is 0.490 bits per heavy atom. The number of carboxylic acid groups (broad SMARTS) is 4. The van der Waals surface area contributed by atoms with Gasteiger partial charge >= 0.3 is 23.9 Å². The van der Waals surface area contributed by atoms with Crippen LogP contribution in [0.2, 0.25) is 0 Å². The molecule has 0 aliphatic carbocycles. The van der Waals surface area contributed by atoms with Gasteiger partial charge in [-0.15, -0.1) is 0 Å². The number of hydrogen-bond acceptors (Lipinski definition) is 18. The minimum Gasteiger partial charge on any atom is -0.481 e. The summed E-state index contributed by atoms with van der Waals surface area (Å²) in [6.45, 7) is 2.66. The number of rotatable bonds is 46. The van der Waals surface area contributed by atoms with Gasteiger partial charge in [0.2, 0.25) is 59.1 Å². The fourth-order valence-corrected chi connectivity index (χ4v) is 11.0. The lowest BCUT2D eigenvalue weighted by molar-refractivity contribution is -0.144. The predicted molar refractivity (Wildman–Crippen MR) is 368 cm³/mol. The van der Waals surface area contributed by atoms with E-state index in [1.165, 1.54) is 4.90 Å². The molecule has 0 radical (unpaired) electrons. The fourth-order valence-electron chi connectivity index (χ4n) is 11.0. The van der Waals surface area contributed by atoms with Crippen LogP contribution in [0.25, 0.3) is 0 Å². The highest BCUT2D eigenvalue weighted by Crippen LogP contribution is 2.22. The molecular weight excluding hydrogens is 1330 g/mol. The maximum atomic E-state index is 15.0. The highest BCUT2D eigenvalue weighted by Gasteiger charge is 2.42. The molecule has 4 rings (SSSR count). The summed E-state index contributed by atoms with van der Waals surface area (Å²) < 4.78 is 0. The van der Waals surface area contributed by atoms with Crippen molar-refractivity contribution in [2.45, 2.75) is 189 Å². The van der Waals surface area contributed by atoms with E-state index in [1.807, 2.05) is 0 Å². The molecule has 12 atom stereocenters. The second-order valence-corrected chi connectivity index (χ2v) is 24.8. The van der Waals surface area contributed by atoms with E-state index in [4.69, 9.17) is 22.9 Å². The number of carboxylic acids is 4. The van der Waals surface area contributed by atoms with Crippen LogP contribution >= 0.6 is 0 Å². The number of aliphatic hydroxyl groups excluding tert-OH is 1. The number of amides is 10. The van der Waals surface area contributed by atoms with Crippen LogP contribution in [-0.2, 0) is 86.4 Å². The van der Waals surface area contributed by atoms with Crippen molar-refractivity contribution in [3.63, 3.8) is 0 Å². The van der Waals surface area contributed by atoms with Crippen molar-refractivity contribution in [2.75, 3.05) is 26.2 Å². The second kappa shape index (κ2) is 43.8. The number of unbranched alkanes of at least 4 members (excludes halogenated alkanes) is 1. The van der Waals surface area contributed by atoms with E-state index in [0.717, 1.165) is 0 Å². The van der Waals surface area contributed by atoms with Crippen LogP contribution < -0.4 is 70.8 Å². The van der Waals surface area contributed by atoms with Gasteiger partial charge in [-0.3, -0.25) is 67.3 Å². The zero-order valence-electron chi connectivity index (χ0n) is 57.1. The summed E-state index contributed by atoms with van der Waals surface area (Å²) >= 11 is 0. The van der Waals surface area contributed by atoms with E-state index in [9.17, 15) is 92.7 Å². The van der Waals surface area contributed by atoms with Gasteiger partial charge in [0.05, 0.1) is 6.61 Å². The van der Waals surface area contributed by atoms with Crippen molar-refractivity contribution in [1.29, 1.82) is 0 Å². The number of likely N-dealkylation sites (tertiary alicyclic amines) is 1. The van der Waals surface area contributed by atoms with Crippen molar-refractivity contribution in [2.24, 2.45) is 33.8 Å². The molecule has 34 nitrogen and oxygen atoms in total. The minimum atomic E-state index is -1.75. The number of aliphatic imine (C=N–C) groups is 1. The van der Waals surface area contributed by atoms with Gasteiger partial charge in [-0.1, -0.05) is 111 Å². The number of nitrogens with zero attached hydrogens (tertiary/aromatic N) is 2. The normalized spacial score (nSPS) is 15.7. The molecule has 0 spiro atoms. The van der Waals surface area contributed by atoms with Gasteiger partial charge in [0.25, 0.3) is 0 Å². The molecule has 0 bridgehead atoms. The summed E-state index contributed by atoms with van der Waals surface area (Å²) in [5.41, 5.74) is 24.1. The standard InChI is InChI=1S/C68H97N15O19/c1-3-39(2)56(65(99)81-51(37-42-21-11-6-12-22-42)66(100)83-34-16-25-52(83)64(98)77-44(23-13-14-32-69)58(92)78-48(67(101)102)28-31-55(89)90)82-61(95)47(27-30-54(87)88)76-63(97)50(36-41-19-9-5-10-20-41)80-59(93)45(24-15-33-73-68(71)72)74-60(94)46(26-29-53(85)86)75-62(96)49(79-57(91)43(70)38-84)35-40-17-7-4-8-18-40/h4-12,17-22,39,43-52,56,84H,3,13-16,23-38,69-70H2,1-2H3,(H,74,94)(H,75,96)(H,76,97)(H,77,98)(H,78,92)(H,79,91)(H,80,93)(H,81,99)(H,82,95)(H,85,86)(H,87,88)(H,89,90)(H,101,102)(H4,71,72,73)/t39-,43-,44-,45-,46-,47-,48-,49-,50-,51-,52-,56-/m0/s1. The van der Waals surface area contributed by atoms with Gasteiger partial charge in [-0.25, -0.2) is 4.79 Å². The molecule has 34 heteroatoms. The average Bonchev–Trinajstić information content (AvgIpc) is 1.58. The number of nitrogens with two attached hydrogens (primary N) is 4. The quantitative estimate of drug-likeness (QED) is 0.0155. The first-order valence-corrected chi connectivity index (χ1v) is 33.7. The molecular formula is C68H97N15O19. The molecule has 1 aliphatic heterocycles. The van der Waals surface area contributed by atoms with Crippen LogP contribution in [0.4, 0.5) is 0 Å². The van der Waals surface area contributed by atoms with Crippen LogP contribution in [0.1, 0.15) is 120 Å². The number of carbonyl (C=O) groups excluding carboxylic acids is 10. The molecule has 1 aliphatic rings. The van der Waals surface area contributed by atoms with E-state index in [-0.39, 0.29) is 77.0 Å². The van der Waals surface area contributed by atoms with Crippen LogP contribution in [0.5, 0.6) is 0 Å². The summed E-state index contributed by atoms with van der Waals surface area (Å²) in [7, 11) is 0. The first kappa shape index (κ1) is 83.8. The molecule has 1 saturated heterocycles. The lowest BCUT2D eigenvalue weighted by atomic mass is 9.96. The smallest absolute Gasteiger partial charge is 0.326 e. The maximum absolute atomic E-state index is 15.0. The first-order chi connectivity index (χ1) is 48.5. The van der Waals surface area contributed by atoms with Crippen molar-refractivity contribution < 1.29 is 92.7 Å². The van der Waals surface area contributed by atoms with Crippen molar-refractivity contribution >= 4 is 88.9 Å². The molecule has 102 heavy (non-hydrogen) atoms. The second-order valence-electron chi connectivity index (χ2n) is 24.8. The zero-order chi connectivity index (χ0) is 75.4. The molecule has 0 aromatic heterocycles. The van der Waals surface area contributed by atoms with Crippen LogP contribution in [0, 0.1) is 5.92 Å². The Hall–Kier alpha value is -10.6. The van der Waals surface area contributed by atoms with Crippen molar-refractivity contribution in [1.82, 2.24) is 52.8 Å². The molecule has 0 unspecified atom stereocenters. The molecule has 3 aromatic rings. The summed E-state index contributed by atoms with van der Waals surface area (Å²) in [5, 5.41) is 71.1. The van der Waals surface area contributed by atoms with Crippen LogP contribution in [0.3, 0.4) is 0 Å². The molecule has 0 saturated carbocycles. The van der Waals surface area contributed by atoms with Gasteiger partial charge in [-0.05, 0) is 93.4 Å². The molecule has 1 heterocycles. The number of aliphatic carboxylic acids is 4. The molecule has 1 fully saturated rings. The molecule has 558 valence electrons. The highest BCUT2D eigenvalue weighted by atomic mass is 16.4. The summed E-state index contributed by atoms with van der Waals surface area (Å²) in [4.78, 5) is 196. The number of hydrogen-bond donors (Lipinski definition) is 18. The summed E-state index contributed by atoms with van der Waals surface area (Å²) in [6.07, 6.45) is -3.13. The highest BCUT2D eigenvalue weighted by molar-refractivity contribution is 5.99. The van der Waals surface area contributed by atoms with E-state index >= 15 is 0 Å². The third-order valence-corrected chi connectivity index (χ3v) is 16.9. The Morgan fingerprint density at radius 3 is 1.30 bits per heavy atom. The van der Waals surface area contributed by atoms with Gasteiger partial charge in [-0.2, -0.15) is 0 Å². The Kier molecular flexibility index (Phi) is 36.0. The number of carbonyl (C=O) groups is 14. The Morgan fingerprint density at radius 2 is 0.873 bits per heavy atom. The van der Waals surface area contributed by atoms with E-state index in [1.54, 1.807) is 105 Å². The topological polar surface area (TPSA) is 568 Å².